The van der Waals surface area contributed by atoms with Gasteiger partial charge in [-0.1, -0.05) is 37.7 Å². The van der Waals surface area contributed by atoms with E-state index in [0.29, 0.717) is 5.92 Å². The van der Waals surface area contributed by atoms with Crippen molar-refractivity contribution in [1.29, 1.82) is 0 Å². The van der Waals surface area contributed by atoms with Crippen molar-refractivity contribution in [2.45, 2.75) is 44.2 Å². The van der Waals surface area contributed by atoms with Crippen molar-refractivity contribution in [1.82, 2.24) is 10.3 Å². The molecular weight excluding hydrogens is 276 g/mol. The molecule has 1 aromatic heterocycles. The Labute approximate surface area is 132 Å². The van der Waals surface area contributed by atoms with E-state index in [1.54, 1.807) is 11.8 Å². The molecule has 0 radical (unpaired) electrons. The van der Waals surface area contributed by atoms with Gasteiger partial charge in [0, 0.05) is 17.6 Å². The summed E-state index contributed by atoms with van der Waals surface area (Å²) in [6.45, 7) is 10.7. The van der Waals surface area contributed by atoms with Crippen molar-refractivity contribution in [3.63, 3.8) is 0 Å². The van der Waals surface area contributed by atoms with E-state index in [4.69, 9.17) is 0 Å². The molecule has 2 rings (SSSR count). The average molecular weight is 300 g/mol. The summed E-state index contributed by atoms with van der Waals surface area (Å²) in [6.07, 6.45) is 1.97. The van der Waals surface area contributed by atoms with Gasteiger partial charge in [0.15, 0.2) is 0 Å². The van der Waals surface area contributed by atoms with Crippen LogP contribution in [0.3, 0.4) is 0 Å². The SMILES string of the molecule is Cc1ccc(Sc2ccc(CNCC(C)C)cn2)cc1C. The van der Waals surface area contributed by atoms with Crippen molar-refractivity contribution in [2.24, 2.45) is 5.92 Å². The molecular formula is C18H24N2S. The molecule has 0 saturated carbocycles. The standard InChI is InChI=1S/C18H24N2S/c1-13(2)10-19-11-16-6-8-18(20-12-16)21-17-7-5-14(3)15(4)9-17/h5-9,12-13,19H,10-11H2,1-4H3. The fourth-order valence-corrected chi connectivity index (χ4v) is 2.83. The zero-order valence-corrected chi connectivity index (χ0v) is 14.1. The predicted octanol–water partition coefficient (Wildman–Crippen LogP) is 4.60. The fraction of sp³-hybridized carbons (Fsp3) is 0.389. The van der Waals surface area contributed by atoms with Crippen molar-refractivity contribution < 1.29 is 0 Å². The smallest absolute Gasteiger partial charge is 0.101 e. The molecule has 2 nitrogen and oxygen atoms in total. The summed E-state index contributed by atoms with van der Waals surface area (Å²) in [4.78, 5) is 5.79. The van der Waals surface area contributed by atoms with Crippen LogP contribution >= 0.6 is 11.8 Å². The Bertz CT molecular complexity index is 576. The van der Waals surface area contributed by atoms with Crippen LogP contribution in [0.1, 0.15) is 30.5 Å². The summed E-state index contributed by atoms with van der Waals surface area (Å²) in [5.41, 5.74) is 3.90. The summed E-state index contributed by atoms with van der Waals surface area (Å²) < 4.78 is 0. The van der Waals surface area contributed by atoms with Gasteiger partial charge in [-0.15, -0.1) is 0 Å². The lowest BCUT2D eigenvalue weighted by molar-refractivity contribution is 0.551. The van der Waals surface area contributed by atoms with Gasteiger partial charge < -0.3 is 5.32 Å². The first-order valence-corrected chi connectivity index (χ1v) is 8.27. The van der Waals surface area contributed by atoms with Gasteiger partial charge in [0.05, 0.1) is 0 Å². The number of aromatic nitrogens is 1. The third-order valence-electron chi connectivity index (χ3n) is 3.38. The Balaban J connectivity index is 1.94. The summed E-state index contributed by atoms with van der Waals surface area (Å²) in [6, 6.07) is 10.8. The van der Waals surface area contributed by atoms with Gasteiger partial charge in [0.1, 0.15) is 5.03 Å². The first-order chi connectivity index (χ1) is 10.0. The maximum absolute atomic E-state index is 4.55. The van der Waals surface area contributed by atoms with Crippen LogP contribution in [0, 0.1) is 19.8 Å². The van der Waals surface area contributed by atoms with Gasteiger partial charge in [-0.3, -0.25) is 0 Å². The molecule has 0 fully saturated rings. The van der Waals surface area contributed by atoms with Gasteiger partial charge in [-0.25, -0.2) is 4.98 Å². The zero-order valence-electron chi connectivity index (χ0n) is 13.3. The van der Waals surface area contributed by atoms with Crippen LogP contribution in [0.5, 0.6) is 0 Å². The van der Waals surface area contributed by atoms with Crippen molar-refractivity contribution >= 4 is 11.8 Å². The second-order valence-electron chi connectivity index (χ2n) is 5.88. The lowest BCUT2D eigenvalue weighted by Gasteiger charge is -2.08. The monoisotopic (exact) mass is 300 g/mol. The predicted molar refractivity (Wildman–Crippen MR) is 90.8 cm³/mol. The first kappa shape index (κ1) is 16.1. The van der Waals surface area contributed by atoms with E-state index < -0.39 is 0 Å². The molecule has 1 heterocycles. The van der Waals surface area contributed by atoms with E-state index in [9.17, 15) is 0 Å². The number of hydrogen-bond acceptors (Lipinski definition) is 3. The normalized spacial score (nSPS) is 11.1. The second-order valence-corrected chi connectivity index (χ2v) is 6.97. The largest absolute Gasteiger partial charge is 0.312 e. The third-order valence-corrected chi connectivity index (χ3v) is 4.32. The number of pyridine rings is 1. The van der Waals surface area contributed by atoms with Crippen LogP contribution in [0.4, 0.5) is 0 Å². The van der Waals surface area contributed by atoms with Crippen LogP contribution in [0.25, 0.3) is 0 Å². The van der Waals surface area contributed by atoms with E-state index in [2.05, 4.69) is 68.3 Å². The van der Waals surface area contributed by atoms with Crippen LogP contribution in [0.2, 0.25) is 0 Å². The van der Waals surface area contributed by atoms with Crippen molar-refractivity contribution in [3.05, 3.63) is 53.2 Å². The summed E-state index contributed by atoms with van der Waals surface area (Å²) in [7, 11) is 0. The van der Waals surface area contributed by atoms with E-state index in [1.807, 2.05) is 6.20 Å². The van der Waals surface area contributed by atoms with Gasteiger partial charge >= 0.3 is 0 Å². The number of nitrogens with zero attached hydrogens (tertiary/aromatic N) is 1. The number of rotatable bonds is 6. The molecule has 0 bridgehead atoms. The molecule has 112 valence electrons. The highest BCUT2D eigenvalue weighted by Crippen LogP contribution is 2.27. The maximum Gasteiger partial charge on any atom is 0.101 e. The lowest BCUT2D eigenvalue weighted by atomic mass is 10.1. The summed E-state index contributed by atoms with van der Waals surface area (Å²) in [5.74, 6) is 0.678. The third kappa shape index (κ3) is 5.18. The minimum Gasteiger partial charge on any atom is -0.312 e. The topological polar surface area (TPSA) is 24.9 Å². The zero-order chi connectivity index (χ0) is 15.2. The molecule has 2 aromatic rings. The number of aryl methyl sites for hydroxylation is 2. The van der Waals surface area contributed by atoms with Gasteiger partial charge in [0.2, 0.25) is 0 Å². The Hall–Kier alpha value is -1.32. The van der Waals surface area contributed by atoms with Crippen LogP contribution in [-0.4, -0.2) is 11.5 Å². The lowest BCUT2D eigenvalue weighted by Crippen LogP contribution is -2.18. The summed E-state index contributed by atoms with van der Waals surface area (Å²) in [5, 5.41) is 4.48. The van der Waals surface area contributed by atoms with Crippen LogP contribution in [-0.2, 0) is 6.54 Å². The minimum absolute atomic E-state index is 0.678. The molecule has 0 aliphatic rings. The number of hydrogen-bond donors (Lipinski definition) is 1. The van der Waals surface area contributed by atoms with Gasteiger partial charge in [-0.05, 0) is 61.2 Å². The first-order valence-electron chi connectivity index (χ1n) is 7.45. The number of benzene rings is 1. The van der Waals surface area contributed by atoms with Crippen LogP contribution in [0.15, 0.2) is 46.5 Å². The van der Waals surface area contributed by atoms with Crippen molar-refractivity contribution in [3.8, 4) is 0 Å². The van der Waals surface area contributed by atoms with Gasteiger partial charge in [-0.2, -0.15) is 0 Å². The molecule has 1 N–H and O–H groups in total. The molecule has 0 amide bonds. The molecule has 1 aromatic carbocycles. The van der Waals surface area contributed by atoms with E-state index in [1.165, 1.54) is 21.6 Å². The second kappa shape index (κ2) is 7.62. The molecule has 0 aliphatic carbocycles. The molecule has 3 heteroatoms. The maximum atomic E-state index is 4.55. The Kier molecular flexibility index (Phi) is 5.83. The highest BCUT2D eigenvalue weighted by atomic mass is 32.2. The van der Waals surface area contributed by atoms with Gasteiger partial charge in [0.25, 0.3) is 0 Å². The molecule has 0 saturated heterocycles. The highest BCUT2D eigenvalue weighted by molar-refractivity contribution is 7.99. The van der Waals surface area contributed by atoms with E-state index in [0.717, 1.165) is 18.1 Å². The Morgan fingerprint density at radius 2 is 1.90 bits per heavy atom. The quantitative estimate of drug-likeness (QED) is 0.844. The van der Waals surface area contributed by atoms with E-state index in [-0.39, 0.29) is 0 Å². The van der Waals surface area contributed by atoms with E-state index >= 15 is 0 Å². The molecule has 0 unspecified atom stereocenters. The summed E-state index contributed by atoms with van der Waals surface area (Å²) >= 11 is 1.72. The van der Waals surface area contributed by atoms with Crippen LogP contribution < -0.4 is 5.32 Å². The average Bonchev–Trinajstić information content (AvgIpc) is 2.44. The molecule has 0 aliphatic heterocycles. The molecule has 0 spiro atoms. The minimum atomic E-state index is 0.678. The Morgan fingerprint density at radius 1 is 1.10 bits per heavy atom. The molecule has 21 heavy (non-hydrogen) atoms. The Morgan fingerprint density at radius 3 is 2.52 bits per heavy atom. The number of nitrogens with one attached hydrogen (secondary N) is 1. The fourth-order valence-electron chi connectivity index (χ4n) is 1.98. The highest BCUT2D eigenvalue weighted by Gasteiger charge is 2.02. The molecule has 0 atom stereocenters. The van der Waals surface area contributed by atoms with Crippen molar-refractivity contribution in [2.75, 3.05) is 6.54 Å².